The largest absolute Gasteiger partial charge is 0.316 e. The zero-order chi connectivity index (χ0) is 9.43. The van der Waals surface area contributed by atoms with E-state index in [4.69, 9.17) is 0 Å². The summed E-state index contributed by atoms with van der Waals surface area (Å²) in [7, 11) is 0. The number of nitrogens with one attached hydrogen (secondary N) is 1. The maximum Gasteiger partial charge on any atom is 0.0468 e. The quantitative estimate of drug-likeness (QED) is 0.764. The second-order valence-electron chi connectivity index (χ2n) is 4.56. The fraction of sp³-hybridized carbons (Fsp3) is 0.583. The van der Waals surface area contributed by atoms with Crippen LogP contribution in [0, 0.1) is 5.92 Å². The first-order valence-electron chi connectivity index (χ1n) is 5.54. The van der Waals surface area contributed by atoms with Crippen LogP contribution < -0.4 is 5.32 Å². The molecule has 1 unspecified atom stereocenters. The lowest BCUT2D eigenvalue weighted by molar-refractivity contribution is 0.430. The Bertz CT molecular complexity index is 310. The van der Waals surface area contributed by atoms with Crippen molar-refractivity contribution in [1.82, 2.24) is 10.3 Å². The minimum absolute atomic E-state index is 0.449. The second-order valence-corrected chi connectivity index (χ2v) is 4.56. The van der Waals surface area contributed by atoms with E-state index in [0.29, 0.717) is 5.41 Å². The molecule has 1 aromatic rings. The second kappa shape index (κ2) is 3.06. The highest BCUT2D eigenvalue weighted by molar-refractivity contribution is 5.26. The molecule has 1 saturated heterocycles. The molecule has 0 bridgehead atoms. The highest BCUT2D eigenvalue weighted by Crippen LogP contribution is 2.54. The Labute approximate surface area is 84.7 Å². The third-order valence-corrected chi connectivity index (χ3v) is 3.81. The van der Waals surface area contributed by atoms with Gasteiger partial charge in [-0.15, -0.1) is 0 Å². The van der Waals surface area contributed by atoms with Crippen LogP contribution in [0.1, 0.15) is 25.0 Å². The van der Waals surface area contributed by atoms with Crippen molar-refractivity contribution < 1.29 is 0 Å². The van der Waals surface area contributed by atoms with Crippen molar-refractivity contribution >= 4 is 0 Å². The number of rotatable bonds is 2. The molecule has 74 valence electrons. The molecule has 0 amide bonds. The van der Waals surface area contributed by atoms with Gasteiger partial charge < -0.3 is 5.32 Å². The van der Waals surface area contributed by atoms with Crippen molar-refractivity contribution in [3.8, 4) is 0 Å². The van der Waals surface area contributed by atoms with Crippen molar-refractivity contribution in [3.63, 3.8) is 0 Å². The fourth-order valence-electron chi connectivity index (χ4n) is 2.79. The summed E-state index contributed by atoms with van der Waals surface area (Å²) in [4.78, 5) is 4.53. The number of pyridine rings is 1. The molecule has 2 heterocycles. The Morgan fingerprint density at radius 1 is 1.36 bits per heavy atom. The molecule has 2 nitrogen and oxygen atoms in total. The Morgan fingerprint density at radius 3 is 2.86 bits per heavy atom. The molecule has 0 aromatic carbocycles. The van der Waals surface area contributed by atoms with Gasteiger partial charge >= 0.3 is 0 Å². The molecule has 1 aliphatic heterocycles. The smallest absolute Gasteiger partial charge is 0.0468 e. The molecule has 0 radical (unpaired) electrons. The van der Waals surface area contributed by atoms with Crippen LogP contribution in [0.5, 0.6) is 0 Å². The summed E-state index contributed by atoms with van der Waals surface area (Å²) in [6.45, 7) is 2.38. The SMILES string of the molecule is c1ccc(C2(C3CCNC3)CC2)nc1. The molecule has 2 fully saturated rings. The average Bonchev–Trinajstić information content (AvgIpc) is 2.88. The molecule has 1 aromatic heterocycles. The van der Waals surface area contributed by atoms with Gasteiger partial charge in [0, 0.05) is 17.3 Å². The van der Waals surface area contributed by atoms with E-state index in [2.05, 4.69) is 22.4 Å². The molecule has 1 saturated carbocycles. The Hall–Kier alpha value is -0.890. The van der Waals surface area contributed by atoms with Crippen molar-refractivity contribution in [2.24, 2.45) is 5.92 Å². The first-order valence-corrected chi connectivity index (χ1v) is 5.54. The highest BCUT2D eigenvalue weighted by Gasteiger charge is 2.51. The third kappa shape index (κ3) is 1.17. The van der Waals surface area contributed by atoms with E-state index < -0.39 is 0 Å². The van der Waals surface area contributed by atoms with Crippen LogP contribution in [0.2, 0.25) is 0 Å². The fourth-order valence-corrected chi connectivity index (χ4v) is 2.79. The van der Waals surface area contributed by atoms with E-state index in [1.54, 1.807) is 0 Å². The van der Waals surface area contributed by atoms with Gasteiger partial charge in [0.05, 0.1) is 0 Å². The van der Waals surface area contributed by atoms with E-state index in [1.165, 1.54) is 38.0 Å². The minimum atomic E-state index is 0.449. The van der Waals surface area contributed by atoms with Gasteiger partial charge in [0.2, 0.25) is 0 Å². The van der Waals surface area contributed by atoms with E-state index in [0.717, 1.165) is 5.92 Å². The van der Waals surface area contributed by atoms with Crippen molar-refractivity contribution in [2.75, 3.05) is 13.1 Å². The number of nitrogens with zero attached hydrogens (tertiary/aromatic N) is 1. The van der Waals surface area contributed by atoms with Gasteiger partial charge in [-0.1, -0.05) is 6.07 Å². The van der Waals surface area contributed by atoms with Gasteiger partial charge in [-0.3, -0.25) is 4.98 Å². The van der Waals surface area contributed by atoms with Crippen LogP contribution in [-0.2, 0) is 5.41 Å². The first kappa shape index (κ1) is 8.42. The first-order chi connectivity index (χ1) is 6.92. The summed E-state index contributed by atoms with van der Waals surface area (Å²) in [6.07, 6.45) is 5.95. The van der Waals surface area contributed by atoms with Crippen LogP contribution in [-0.4, -0.2) is 18.1 Å². The van der Waals surface area contributed by atoms with Gasteiger partial charge in [-0.25, -0.2) is 0 Å². The van der Waals surface area contributed by atoms with Gasteiger partial charge in [-0.2, -0.15) is 0 Å². The standard InChI is InChI=1S/C12H16N2/c1-2-7-14-11(3-1)12(5-6-12)10-4-8-13-9-10/h1-3,7,10,13H,4-6,8-9H2. The average molecular weight is 188 g/mol. The topological polar surface area (TPSA) is 24.9 Å². The molecule has 1 N–H and O–H groups in total. The lowest BCUT2D eigenvalue weighted by Crippen LogP contribution is -2.23. The number of aromatic nitrogens is 1. The Kier molecular flexibility index (Phi) is 1.84. The molecule has 2 heteroatoms. The van der Waals surface area contributed by atoms with Gasteiger partial charge in [-0.05, 0) is 50.4 Å². The Balaban J connectivity index is 1.89. The van der Waals surface area contributed by atoms with Gasteiger partial charge in [0.25, 0.3) is 0 Å². The monoisotopic (exact) mass is 188 g/mol. The lowest BCUT2D eigenvalue weighted by Gasteiger charge is -2.21. The van der Waals surface area contributed by atoms with E-state index in [9.17, 15) is 0 Å². The Morgan fingerprint density at radius 2 is 2.29 bits per heavy atom. The summed E-state index contributed by atoms with van der Waals surface area (Å²) in [5.74, 6) is 0.831. The zero-order valence-electron chi connectivity index (χ0n) is 8.37. The lowest BCUT2D eigenvalue weighted by atomic mass is 9.85. The predicted molar refractivity (Wildman–Crippen MR) is 56.1 cm³/mol. The predicted octanol–water partition coefficient (Wildman–Crippen LogP) is 1.72. The van der Waals surface area contributed by atoms with E-state index in [1.807, 2.05) is 12.3 Å². The van der Waals surface area contributed by atoms with Crippen LogP contribution in [0.25, 0.3) is 0 Å². The highest BCUT2D eigenvalue weighted by atomic mass is 14.9. The third-order valence-electron chi connectivity index (χ3n) is 3.81. The molecule has 3 rings (SSSR count). The van der Waals surface area contributed by atoms with Crippen LogP contribution in [0.4, 0.5) is 0 Å². The molecular formula is C12H16N2. The summed E-state index contributed by atoms with van der Waals surface area (Å²) >= 11 is 0. The van der Waals surface area contributed by atoms with Gasteiger partial charge in [0.15, 0.2) is 0 Å². The molecule has 1 atom stereocenters. The normalized spacial score (nSPS) is 29.0. The summed E-state index contributed by atoms with van der Waals surface area (Å²) in [6, 6.07) is 6.32. The van der Waals surface area contributed by atoms with Crippen LogP contribution in [0.3, 0.4) is 0 Å². The van der Waals surface area contributed by atoms with E-state index in [-0.39, 0.29) is 0 Å². The molecule has 1 aliphatic carbocycles. The summed E-state index contributed by atoms with van der Waals surface area (Å²) in [5, 5.41) is 3.46. The van der Waals surface area contributed by atoms with Crippen LogP contribution >= 0.6 is 0 Å². The van der Waals surface area contributed by atoms with Crippen LogP contribution in [0.15, 0.2) is 24.4 Å². The van der Waals surface area contributed by atoms with Crippen molar-refractivity contribution in [2.45, 2.75) is 24.7 Å². The summed E-state index contributed by atoms with van der Waals surface area (Å²) in [5.41, 5.74) is 1.78. The van der Waals surface area contributed by atoms with Crippen molar-refractivity contribution in [3.05, 3.63) is 30.1 Å². The minimum Gasteiger partial charge on any atom is -0.316 e. The maximum atomic E-state index is 4.53. The maximum absolute atomic E-state index is 4.53. The molecule has 14 heavy (non-hydrogen) atoms. The molecular weight excluding hydrogens is 172 g/mol. The molecule has 0 spiro atoms. The molecule has 2 aliphatic rings. The number of hydrogen-bond acceptors (Lipinski definition) is 2. The van der Waals surface area contributed by atoms with Gasteiger partial charge in [0.1, 0.15) is 0 Å². The zero-order valence-corrected chi connectivity index (χ0v) is 8.37. The van der Waals surface area contributed by atoms with E-state index >= 15 is 0 Å². The number of hydrogen-bond donors (Lipinski definition) is 1. The van der Waals surface area contributed by atoms with Crippen molar-refractivity contribution in [1.29, 1.82) is 0 Å². The summed E-state index contributed by atoms with van der Waals surface area (Å²) < 4.78 is 0.